The Morgan fingerprint density at radius 3 is 2.57 bits per heavy atom. The first-order valence-corrected chi connectivity index (χ1v) is 7.89. The molecule has 1 amide bonds. The number of aryl methyl sites for hydroxylation is 1. The summed E-state index contributed by atoms with van der Waals surface area (Å²) in [6, 6.07) is 7.91. The number of nitrogens with zero attached hydrogens (tertiary/aromatic N) is 3. The van der Waals surface area contributed by atoms with Crippen molar-refractivity contribution in [3.63, 3.8) is 0 Å². The molecule has 2 aromatic rings. The van der Waals surface area contributed by atoms with Crippen LogP contribution in [-0.4, -0.2) is 35.0 Å². The molecule has 2 N–H and O–H groups in total. The van der Waals surface area contributed by atoms with Crippen LogP contribution < -0.4 is 5.73 Å². The molecule has 0 spiro atoms. The molecule has 0 fully saturated rings. The van der Waals surface area contributed by atoms with Gasteiger partial charge in [-0.2, -0.15) is 5.10 Å². The van der Waals surface area contributed by atoms with Gasteiger partial charge >= 0.3 is 0 Å². The van der Waals surface area contributed by atoms with Crippen molar-refractivity contribution < 1.29 is 13.2 Å². The summed E-state index contributed by atoms with van der Waals surface area (Å²) in [4.78, 5) is 12.2. The molecular formula is C13H14N4O3S. The third kappa shape index (κ3) is 2.27. The number of rotatable bonds is 4. The van der Waals surface area contributed by atoms with E-state index in [1.54, 1.807) is 29.1 Å². The number of sulfonamides is 1. The second-order valence-corrected chi connectivity index (χ2v) is 6.57. The Hall–Kier alpha value is -2.35. The third-order valence-electron chi connectivity index (χ3n) is 3.32. The van der Waals surface area contributed by atoms with E-state index < -0.39 is 15.9 Å². The lowest BCUT2D eigenvalue weighted by atomic mass is 10.2. The fourth-order valence-electron chi connectivity index (χ4n) is 2.33. The highest BCUT2D eigenvalue weighted by atomic mass is 32.2. The fourth-order valence-corrected chi connectivity index (χ4v) is 3.94. The van der Waals surface area contributed by atoms with Gasteiger partial charge in [-0.25, -0.2) is 12.7 Å². The topological polar surface area (TPSA) is 98.3 Å². The van der Waals surface area contributed by atoms with Gasteiger partial charge in [0.25, 0.3) is 15.9 Å². The minimum atomic E-state index is -3.72. The van der Waals surface area contributed by atoms with Crippen LogP contribution in [-0.2, 0) is 16.6 Å². The van der Waals surface area contributed by atoms with Gasteiger partial charge in [0.2, 0.25) is 0 Å². The SMILES string of the molecule is Nc1ccn(CCCN2C(=O)c3ccccc3S2(=O)=O)n1. The summed E-state index contributed by atoms with van der Waals surface area (Å²) < 4.78 is 27.1. The van der Waals surface area contributed by atoms with Gasteiger partial charge in [0, 0.05) is 19.3 Å². The highest BCUT2D eigenvalue weighted by Crippen LogP contribution is 2.29. The first-order chi connectivity index (χ1) is 10.00. The lowest BCUT2D eigenvalue weighted by molar-refractivity contribution is 0.0869. The van der Waals surface area contributed by atoms with Gasteiger partial charge in [-0.15, -0.1) is 0 Å². The van der Waals surface area contributed by atoms with E-state index in [-0.39, 0.29) is 17.0 Å². The summed E-state index contributed by atoms with van der Waals surface area (Å²) >= 11 is 0. The largest absolute Gasteiger partial charge is 0.382 e. The van der Waals surface area contributed by atoms with Crippen LogP contribution >= 0.6 is 0 Å². The Bertz CT molecular complexity index is 797. The number of carbonyl (C=O) groups is 1. The average molecular weight is 306 g/mol. The van der Waals surface area contributed by atoms with E-state index in [0.717, 1.165) is 4.31 Å². The van der Waals surface area contributed by atoms with Crippen molar-refractivity contribution in [2.45, 2.75) is 17.9 Å². The number of carbonyl (C=O) groups excluding carboxylic acids is 1. The van der Waals surface area contributed by atoms with Crippen LogP contribution in [0.25, 0.3) is 0 Å². The van der Waals surface area contributed by atoms with E-state index in [9.17, 15) is 13.2 Å². The quantitative estimate of drug-likeness (QED) is 0.896. The second-order valence-electron chi connectivity index (χ2n) is 4.74. The van der Waals surface area contributed by atoms with Crippen molar-refractivity contribution in [1.29, 1.82) is 0 Å². The van der Waals surface area contributed by atoms with E-state index in [1.165, 1.54) is 12.1 Å². The van der Waals surface area contributed by atoms with Crippen molar-refractivity contribution in [1.82, 2.24) is 14.1 Å². The average Bonchev–Trinajstić information content (AvgIpc) is 2.95. The van der Waals surface area contributed by atoms with Crippen molar-refractivity contribution in [3.05, 3.63) is 42.1 Å². The molecule has 0 bridgehead atoms. The normalized spacial score (nSPS) is 16.2. The Kier molecular flexibility index (Phi) is 3.17. The molecule has 1 aliphatic rings. The Balaban J connectivity index is 1.74. The molecule has 21 heavy (non-hydrogen) atoms. The minimum absolute atomic E-state index is 0.0818. The summed E-state index contributed by atoms with van der Waals surface area (Å²) in [5, 5.41) is 4.01. The van der Waals surface area contributed by atoms with E-state index in [4.69, 9.17) is 5.73 Å². The number of benzene rings is 1. The molecule has 0 saturated heterocycles. The number of hydrogen-bond donors (Lipinski definition) is 1. The van der Waals surface area contributed by atoms with Gasteiger partial charge in [0.15, 0.2) is 0 Å². The number of anilines is 1. The lowest BCUT2D eigenvalue weighted by Gasteiger charge is -2.14. The van der Waals surface area contributed by atoms with Gasteiger partial charge in [-0.05, 0) is 24.6 Å². The number of fused-ring (bicyclic) bond motifs is 1. The molecule has 0 saturated carbocycles. The van der Waals surface area contributed by atoms with Crippen molar-refractivity contribution in [2.24, 2.45) is 0 Å². The highest BCUT2D eigenvalue weighted by molar-refractivity contribution is 7.90. The summed E-state index contributed by atoms with van der Waals surface area (Å²) in [6.07, 6.45) is 2.18. The zero-order chi connectivity index (χ0) is 15.0. The van der Waals surface area contributed by atoms with E-state index in [2.05, 4.69) is 5.10 Å². The molecule has 1 aromatic heterocycles. The zero-order valence-electron chi connectivity index (χ0n) is 11.1. The third-order valence-corrected chi connectivity index (χ3v) is 5.16. The van der Waals surface area contributed by atoms with Crippen LogP contribution in [0.15, 0.2) is 41.4 Å². The molecule has 0 unspecified atom stereocenters. The summed E-state index contributed by atoms with van der Waals surface area (Å²) in [5.74, 6) is -0.0575. The summed E-state index contributed by atoms with van der Waals surface area (Å²) in [6.45, 7) is 0.614. The molecule has 8 heteroatoms. The summed E-state index contributed by atoms with van der Waals surface area (Å²) in [5.41, 5.74) is 5.74. The maximum Gasteiger partial charge on any atom is 0.269 e. The second kappa shape index (κ2) is 4.88. The predicted octanol–water partition coefficient (Wildman–Crippen LogP) is 0.700. The first-order valence-electron chi connectivity index (χ1n) is 6.45. The van der Waals surface area contributed by atoms with Crippen molar-refractivity contribution >= 4 is 21.7 Å². The number of hydrogen-bond acceptors (Lipinski definition) is 5. The monoisotopic (exact) mass is 306 g/mol. The number of aromatic nitrogens is 2. The molecular weight excluding hydrogens is 292 g/mol. The fraction of sp³-hybridized carbons (Fsp3) is 0.231. The smallest absolute Gasteiger partial charge is 0.269 e. The van der Waals surface area contributed by atoms with Gasteiger partial charge in [0.1, 0.15) is 10.7 Å². The van der Waals surface area contributed by atoms with Gasteiger partial charge in [-0.1, -0.05) is 12.1 Å². The molecule has 0 aliphatic carbocycles. The number of nitrogen functional groups attached to an aromatic ring is 1. The van der Waals surface area contributed by atoms with Crippen LogP contribution in [0.1, 0.15) is 16.8 Å². The Morgan fingerprint density at radius 2 is 1.90 bits per heavy atom. The van der Waals surface area contributed by atoms with E-state index in [0.29, 0.717) is 18.8 Å². The zero-order valence-corrected chi connectivity index (χ0v) is 12.0. The van der Waals surface area contributed by atoms with Crippen LogP contribution in [0.2, 0.25) is 0 Å². The minimum Gasteiger partial charge on any atom is -0.382 e. The Morgan fingerprint density at radius 1 is 1.14 bits per heavy atom. The van der Waals surface area contributed by atoms with Gasteiger partial charge in [-0.3, -0.25) is 9.48 Å². The standard InChI is InChI=1S/C13H14N4O3S/c14-12-6-9-16(15-12)7-3-8-17-13(18)10-4-1-2-5-11(10)21(17,19)20/h1-2,4-6,9H,3,7-8H2,(H2,14,15). The molecule has 0 radical (unpaired) electrons. The van der Waals surface area contributed by atoms with E-state index in [1.807, 2.05) is 0 Å². The summed E-state index contributed by atoms with van der Waals surface area (Å²) in [7, 11) is -3.72. The first kappa shape index (κ1) is 13.6. The van der Waals surface area contributed by atoms with Crippen LogP contribution in [0, 0.1) is 0 Å². The molecule has 2 heterocycles. The molecule has 1 aromatic carbocycles. The maximum absolute atomic E-state index is 12.3. The van der Waals surface area contributed by atoms with Crippen molar-refractivity contribution in [2.75, 3.05) is 12.3 Å². The number of nitrogens with two attached hydrogens (primary N) is 1. The van der Waals surface area contributed by atoms with Crippen LogP contribution in [0.4, 0.5) is 5.82 Å². The number of amides is 1. The Labute approximate surface area is 122 Å². The van der Waals surface area contributed by atoms with E-state index >= 15 is 0 Å². The van der Waals surface area contributed by atoms with Gasteiger partial charge < -0.3 is 5.73 Å². The van der Waals surface area contributed by atoms with Crippen LogP contribution in [0.5, 0.6) is 0 Å². The molecule has 1 aliphatic heterocycles. The van der Waals surface area contributed by atoms with Crippen molar-refractivity contribution in [3.8, 4) is 0 Å². The lowest BCUT2D eigenvalue weighted by Crippen LogP contribution is -2.31. The predicted molar refractivity (Wildman–Crippen MR) is 75.9 cm³/mol. The van der Waals surface area contributed by atoms with Crippen LogP contribution in [0.3, 0.4) is 0 Å². The maximum atomic E-state index is 12.3. The molecule has 3 rings (SSSR count). The molecule has 110 valence electrons. The highest BCUT2D eigenvalue weighted by Gasteiger charge is 2.40. The molecule has 0 atom stereocenters. The molecule has 7 nitrogen and oxygen atoms in total. The van der Waals surface area contributed by atoms with Gasteiger partial charge in [0.05, 0.1) is 5.56 Å².